The Bertz CT molecular complexity index is 110. The molecule has 40 valence electrons. The van der Waals surface area contributed by atoms with Crippen LogP contribution >= 0.6 is 0 Å². The second kappa shape index (κ2) is 2.36. The molecule has 3 nitrogen and oxygen atoms in total. The number of aromatic nitrogens is 2. The Balaban J connectivity index is 0.000000360. The molecule has 0 spiro atoms. The van der Waals surface area contributed by atoms with Crippen molar-refractivity contribution >= 4 is 0 Å². The first kappa shape index (κ1) is 6.17. The summed E-state index contributed by atoms with van der Waals surface area (Å²) < 4.78 is 0. The maximum atomic E-state index is 3.86. The lowest BCUT2D eigenvalue weighted by molar-refractivity contribution is 1.15. The highest BCUT2D eigenvalue weighted by molar-refractivity contribution is 4.80. The first-order valence-corrected chi connectivity index (χ1v) is 1.85. The van der Waals surface area contributed by atoms with Crippen LogP contribution in [0, 0.1) is 6.92 Å². The van der Waals surface area contributed by atoms with E-state index in [9.17, 15) is 0 Å². The minimum absolute atomic E-state index is 0. The van der Waals surface area contributed by atoms with Gasteiger partial charge in [-0.25, -0.2) is 4.98 Å². The minimum Gasteiger partial charge on any atom is -0.349 e. The molecule has 0 aromatic carbocycles. The van der Waals surface area contributed by atoms with Gasteiger partial charge >= 0.3 is 0 Å². The van der Waals surface area contributed by atoms with Gasteiger partial charge in [0, 0.05) is 12.4 Å². The monoisotopic (exact) mass is 99.1 g/mol. The fraction of sp³-hybridized carbons (Fsp3) is 0.250. The van der Waals surface area contributed by atoms with Crippen molar-refractivity contribution in [1.82, 2.24) is 16.1 Å². The van der Waals surface area contributed by atoms with Crippen molar-refractivity contribution in [3.05, 3.63) is 18.2 Å². The van der Waals surface area contributed by atoms with E-state index in [1.54, 1.807) is 12.4 Å². The van der Waals surface area contributed by atoms with Crippen LogP contribution < -0.4 is 6.15 Å². The molecule has 4 N–H and O–H groups in total. The van der Waals surface area contributed by atoms with Crippen LogP contribution in [0.4, 0.5) is 0 Å². The molecule has 0 saturated carbocycles. The highest BCUT2D eigenvalue weighted by Crippen LogP contribution is 1.78. The number of hydrogen-bond donors (Lipinski definition) is 2. The number of imidazole rings is 1. The summed E-state index contributed by atoms with van der Waals surface area (Å²) in [6.45, 7) is 1.92. The Hall–Kier alpha value is -0.830. The van der Waals surface area contributed by atoms with Crippen molar-refractivity contribution in [3.63, 3.8) is 0 Å². The molecule has 1 aromatic heterocycles. The molecule has 3 heteroatoms. The van der Waals surface area contributed by atoms with Crippen molar-refractivity contribution in [2.75, 3.05) is 0 Å². The lowest BCUT2D eigenvalue weighted by Crippen LogP contribution is -1.66. The smallest absolute Gasteiger partial charge is 0.102 e. The van der Waals surface area contributed by atoms with E-state index in [0.717, 1.165) is 5.82 Å². The summed E-state index contributed by atoms with van der Waals surface area (Å²) >= 11 is 0. The minimum atomic E-state index is 0. The highest BCUT2D eigenvalue weighted by Gasteiger charge is 1.73. The molecule has 1 aromatic rings. The van der Waals surface area contributed by atoms with E-state index in [4.69, 9.17) is 0 Å². The second-order valence-corrected chi connectivity index (χ2v) is 1.17. The zero-order valence-electron chi connectivity index (χ0n) is 4.31. The van der Waals surface area contributed by atoms with Gasteiger partial charge in [0.1, 0.15) is 5.82 Å². The summed E-state index contributed by atoms with van der Waals surface area (Å²) in [5.74, 6) is 0.968. The molecule has 0 radical (unpaired) electrons. The summed E-state index contributed by atoms with van der Waals surface area (Å²) in [5.41, 5.74) is 0. The van der Waals surface area contributed by atoms with Gasteiger partial charge in [-0.1, -0.05) is 0 Å². The Kier molecular flexibility index (Phi) is 2.08. The quantitative estimate of drug-likeness (QED) is 0.507. The molecule has 0 saturated heterocycles. The average Bonchev–Trinajstić information content (AvgIpc) is 1.86. The molecule has 0 fully saturated rings. The van der Waals surface area contributed by atoms with Crippen molar-refractivity contribution in [3.8, 4) is 0 Å². The van der Waals surface area contributed by atoms with Crippen molar-refractivity contribution in [1.29, 1.82) is 0 Å². The van der Waals surface area contributed by atoms with Crippen LogP contribution in [-0.2, 0) is 0 Å². The van der Waals surface area contributed by atoms with Gasteiger partial charge in [-0.3, -0.25) is 0 Å². The molecule has 0 bridgehead atoms. The van der Waals surface area contributed by atoms with Gasteiger partial charge in [-0.15, -0.1) is 0 Å². The van der Waals surface area contributed by atoms with Crippen LogP contribution in [0.1, 0.15) is 5.82 Å². The van der Waals surface area contributed by atoms with Crippen molar-refractivity contribution < 1.29 is 0 Å². The van der Waals surface area contributed by atoms with Crippen LogP contribution in [0.15, 0.2) is 12.4 Å². The molecule has 0 aliphatic heterocycles. The van der Waals surface area contributed by atoms with Gasteiger partial charge in [0.05, 0.1) is 0 Å². The van der Waals surface area contributed by atoms with Gasteiger partial charge in [-0.2, -0.15) is 0 Å². The molecule has 0 aliphatic carbocycles. The Morgan fingerprint density at radius 1 is 1.71 bits per heavy atom. The van der Waals surface area contributed by atoms with E-state index in [-0.39, 0.29) is 6.15 Å². The lowest BCUT2D eigenvalue weighted by atomic mass is 10.8. The van der Waals surface area contributed by atoms with E-state index in [2.05, 4.69) is 9.97 Å². The maximum Gasteiger partial charge on any atom is 0.102 e. The van der Waals surface area contributed by atoms with Crippen molar-refractivity contribution in [2.24, 2.45) is 0 Å². The molecule has 0 amide bonds. The normalized spacial score (nSPS) is 7.57. The van der Waals surface area contributed by atoms with E-state index < -0.39 is 0 Å². The fourth-order valence-electron chi connectivity index (χ4n) is 0.344. The van der Waals surface area contributed by atoms with Gasteiger partial charge < -0.3 is 11.1 Å². The van der Waals surface area contributed by atoms with Crippen molar-refractivity contribution in [2.45, 2.75) is 6.92 Å². The number of nitrogens with one attached hydrogen (secondary N) is 1. The van der Waals surface area contributed by atoms with Gasteiger partial charge in [0.2, 0.25) is 0 Å². The van der Waals surface area contributed by atoms with Crippen LogP contribution in [-0.4, -0.2) is 9.97 Å². The third kappa shape index (κ3) is 1.36. The van der Waals surface area contributed by atoms with E-state index in [1.807, 2.05) is 6.92 Å². The Morgan fingerprint density at radius 3 is 2.57 bits per heavy atom. The van der Waals surface area contributed by atoms with E-state index >= 15 is 0 Å². The third-order valence-corrected chi connectivity index (χ3v) is 0.635. The highest BCUT2D eigenvalue weighted by atomic mass is 14.9. The predicted octanol–water partition coefficient (Wildman–Crippen LogP) is 0.880. The molecule has 0 atom stereocenters. The second-order valence-electron chi connectivity index (χ2n) is 1.17. The number of nitrogens with zero attached hydrogens (tertiary/aromatic N) is 1. The van der Waals surface area contributed by atoms with Gasteiger partial charge in [0.15, 0.2) is 0 Å². The molecule has 1 rings (SSSR count). The van der Waals surface area contributed by atoms with Crippen LogP contribution in [0.25, 0.3) is 0 Å². The van der Waals surface area contributed by atoms with Gasteiger partial charge in [-0.05, 0) is 6.92 Å². The molecule has 0 unspecified atom stereocenters. The molecule has 0 aliphatic rings. The standard InChI is InChI=1S/C4H6N2.H3N/c1-4-5-2-3-6-4;/h2-3H,1H3,(H,5,6);1H3. The summed E-state index contributed by atoms with van der Waals surface area (Å²) in [6, 6.07) is 0. The zero-order valence-corrected chi connectivity index (χ0v) is 4.31. The molecular weight excluding hydrogens is 90.1 g/mol. The summed E-state index contributed by atoms with van der Waals surface area (Å²) in [6.07, 6.45) is 3.53. The average molecular weight is 99.1 g/mol. The largest absolute Gasteiger partial charge is 0.349 e. The van der Waals surface area contributed by atoms with E-state index in [1.165, 1.54) is 0 Å². The summed E-state index contributed by atoms with van der Waals surface area (Å²) in [4.78, 5) is 6.75. The molecule has 7 heavy (non-hydrogen) atoms. The fourth-order valence-corrected chi connectivity index (χ4v) is 0.344. The molecular formula is C4H9N3. The van der Waals surface area contributed by atoms with E-state index in [0.29, 0.717) is 0 Å². The van der Waals surface area contributed by atoms with Crippen LogP contribution in [0.5, 0.6) is 0 Å². The zero-order chi connectivity index (χ0) is 4.41. The number of H-pyrrole nitrogens is 1. The number of aromatic amines is 1. The Morgan fingerprint density at radius 2 is 2.43 bits per heavy atom. The van der Waals surface area contributed by atoms with Crippen LogP contribution in [0.3, 0.4) is 0 Å². The first-order chi connectivity index (χ1) is 2.89. The summed E-state index contributed by atoms with van der Waals surface area (Å²) in [5, 5.41) is 0. The maximum absolute atomic E-state index is 3.86. The Labute approximate surface area is 42.4 Å². The number of rotatable bonds is 0. The third-order valence-electron chi connectivity index (χ3n) is 0.635. The molecule has 1 heterocycles. The number of aryl methyl sites for hydroxylation is 1. The number of hydrogen-bond acceptors (Lipinski definition) is 2. The SMILES string of the molecule is Cc1ncc[nH]1.N. The topological polar surface area (TPSA) is 63.7 Å². The first-order valence-electron chi connectivity index (χ1n) is 1.85. The van der Waals surface area contributed by atoms with Gasteiger partial charge in [0.25, 0.3) is 0 Å². The lowest BCUT2D eigenvalue weighted by Gasteiger charge is -1.68. The summed E-state index contributed by atoms with van der Waals surface area (Å²) in [7, 11) is 0. The van der Waals surface area contributed by atoms with Crippen LogP contribution in [0.2, 0.25) is 0 Å². The predicted molar refractivity (Wildman–Crippen MR) is 28.3 cm³/mol.